The Morgan fingerprint density at radius 1 is 1.28 bits per heavy atom. The molecule has 1 aliphatic heterocycles. The highest BCUT2D eigenvalue weighted by Gasteiger charge is 2.44. The van der Waals surface area contributed by atoms with Crippen LogP contribution in [0.15, 0.2) is 16.6 Å². The molecule has 0 aromatic rings. The van der Waals surface area contributed by atoms with Gasteiger partial charge in [0, 0.05) is 18.8 Å². The Bertz CT molecular complexity index is 590. The molecule has 25 heavy (non-hydrogen) atoms. The van der Waals surface area contributed by atoms with Crippen molar-refractivity contribution in [1.29, 1.82) is 0 Å². The Hall–Kier alpha value is -1.69. The molecule has 2 amide bonds. The standard InChI is InChI=1S/C19H31N3O3/c1-6-11(2)16(12(3)17(20)23)21-15-7-13-9-22(10-14(13)8-15)18(24)19(4,5)25/h6,12-15,25H,7-10H2,1-5H3,(H2,20,23)/b11-6+,21-16?. The Balaban J connectivity index is 2.07. The SMILES string of the molecule is C/C=C(\C)C(=NC1CC2CN(C(=O)C(C)(C)O)CC2C1)C(C)C(N)=O. The number of nitrogens with two attached hydrogens (primary N) is 1. The lowest BCUT2D eigenvalue weighted by molar-refractivity contribution is -0.147. The summed E-state index contributed by atoms with van der Waals surface area (Å²) >= 11 is 0. The number of carbonyl (C=O) groups is 2. The minimum atomic E-state index is -1.32. The van der Waals surface area contributed by atoms with Crippen molar-refractivity contribution in [3.8, 4) is 0 Å². The number of aliphatic hydroxyl groups is 1. The van der Waals surface area contributed by atoms with Gasteiger partial charge in [-0.2, -0.15) is 0 Å². The molecule has 6 nitrogen and oxygen atoms in total. The fourth-order valence-electron chi connectivity index (χ4n) is 3.96. The molecule has 3 atom stereocenters. The normalized spacial score (nSPS) is 28.9. The molecule has 3 N–H and O–H groups in total. The van der Waals surface area contributed by atoms with Gasteiger partial charge in [-0.25, -0.2) is 0 Å². The molecule has 1 saturated carbocycles. The minimum Gasteiger partial charge on any atom is -0.381 e. The van der Waals surface area contributed by atoms with Crippen molar-refractivity contribution in [3.63, 3.8) is 0 Å². The number of hydrogen-bond acceptors (Lipinski definition) is 4. The Morgan fingerprint density at radius 3 is 2.20 bits per heavy atom. The molecule has 1 heterocycles. The smallest absolute Gasteiger partial charge is 0.253 e. The fraction of sp³-hybridized carbons (Fsp3) is 0.737. The molecule has 0 aromatic heterocycles. The zero-order valence-corrected chi connectivity index (χ0v) is 16.0. The topological polar surface area (TPSA) is 96.0 Å². The van der Waals surface area contributed by atoms with Gasteiger partial charge in [0.15, 0.2) is 0 Å². The first-order valence-corrected chi connectivity index (χ1v) is 9.06. The maximum Gasteiger partial charge on any atom is 0.253 e. The van der Waals surface area contributed by atoms with Gasteiger partial charge in [0.05, 0.1) is 12.0 Å². The van der Waals surface area contributed by atoms with Crippen LogP contribution in [0.25, 0.3) is 0 Å². The average molecular weight is 349 g/mol. The highest BCUT2D eigenvalue weighted by atomic mass is 16.3. The molecule has 140 valence electrons. The van der Waals surface area contributed by atoms with E-state index in [-0.39, 0.29) is 17.9 Å². The van der Waals surface area contributed by atoms with E-state index in [9.17, 15) is 14.7 Å². The van der Waals surface area contributed by atoms with Crippen molar-refractivity contribution in [1.82, 2.24) is 4.90 Å². The lowest BCUT2D eigenvalue weighted by Gasteiger charge is -2.25. The van der Waals surface area contributed by atoms with Gasteiger partial charge in [-0.05, 0) is 64.9 Å². The Kier molecular flexibility index (Phi) is 5.72. The average Bonchev–Trinajstić information content (AvgIpc) is 3.07. The minimum absolute atomic E-state index is 0.168. The van der Waals surface area contributed by atoms with Crippen molar-refractivity contribution in [2.24, 2.45) is 28.5 Å². The van der Waals surface area contributed by atoms with Crippen LogP contribution in [-0.2, 0) is 9.59 Å². The number of likely N-dealkylation sites (tertiary alicyclic amines) is 1. The van der Waals surface area contributed by atoms with E-state index in [4.69, 9.17) is 10.7 Å². The summed E-state index contributed by atoms with van der Waals surface area (Å²) in [5.74, 6) is -0.132. The second-order valence-electron chi connectivity index (χ2n) is 8.02. The molecule has 1 saturated heterocycles. The Morgan fingerprint density at radius 2 is 1.80 bits per heavy atom. The predicted octanol–water partition coefficient (Wildman–Crippen LogP) is 1.52. The maximum absolute atomic E-state index is 12.2. The molecule has 6 heteroatoms. The zero-order chi connectivity index (χ0) is 18.9. The van der Waals surface area contributed by atoms with Gasteiger partial charge in [0.1, 0.15) is 5.60 Å². The van der Waals surface area contributed by atoms with Crippen LogP contribution in [0, 0.1) is 17.8 Å². The number of aliphatic imine (C=N–C) groups is 1. The summed E-state index contributed by atoms with van der Waals surface area (Å²) in [4.78, 5) is 30.5. The highest BCUT2D eigenvalue weighted by molar-refractivity contribution is 6.12. The van der Waals surface area contributed by atoms with Crippen LogP contribution in [-0.4, -0.2) is 52.3 Å². The molecular weight excluding hydrogens is 318 g/mol. The lowest BCUT2D eigenvalue weighted by atomic mass is 9.97. The summed E-state index contributed by atoms with van der Waals surface area (Å²) < 4.78 is 0. The molecule has 3 unspecified atom stereocenters. The van der Waals surface area contributed by atoms with E-state index >= 15 is 0 Å². The van der Waals surface area contributed by atoms with Crippen LogP contribution in [0.3, 0.4) is 0 Å². The number of allylic oxidation sites excluding steroid dienone is 2. The van der Waals surface area contributed by atoms with Crippen molar-refractivity contribution in [2.45, 2.75) is 59.1 Å². The van der Waals surface area contributed by atoms with Crippen LogP contribution < -0.4 is 5.73 Å². The van der Waals surface area contributed by atoms with Crippen LogP contribution in [0.2, 0.25) is 0 Å². The molecular formula is C19H31N3O3. The third-order valence-corrected chi connectivity index (χ3v) is 5.53. The number of hydrogen-bond donors (Lipinski definition) is 2. The lowest BCUT2D eigenvalue weighted by Crippen LogP contribution is -2.44. The molecule has 1 aliphatic carbocycles. The summed E-state index contributed by atoms with van der Waals surface area (Å²) in [6, 6.07) is 0.168. The van der Waals surface area contributed by atoms with E-state index in [0.717, 1.165) is 24.1 Å². The summed E-state index contributed by atoms with van der Waals surface area (Å²) in [5, 5.41) is 9.92. The molecule has 2 aliphatic rings. The van der Waals surface area contributed by atoms with E-state index in [0.29, 0.717) is 24.9 Å². The van der Waals surface area contributed by atoms with E-state index in [1.165, 1.54) is 13.8 Å². The molecule has 0 spiro atoms. The third kappa shape index (κ3) is 4.29. The summed E-state index contributed by atoms with van der Waals surface area (Å²) in [6.07, 6.45) is 3.77. The monoisotopic (exact) mass is 349 g/mol. The van der Waals surface area contributed by atoms with Gasteiger partial charge in [0.2, 0.25) is 5.91 Å². The van der Waals surface area contributed by atoms with E-state index in [2.05, 4.69) is 0 Å². The summed E-state index contributed by atoms with van der Waals surface area (Å²) in [5.41, 5.74) is 5.93. The van der Waals surface area contributed by atoms with Gasteiger partial charge in [-0.1, -0.05) is 6.08 Å². The number of rotatable bonds is 5. The van der Waals surface area contributed by atoms with Crippen LogP contribution in [0.1, 0.15) is 47.5 Å². The molecule has 0 bridgehead atoms. The first kappa shape index (κ1) is 19.6. The number of amides is 2. The third-order valence-electron chi connectivity index (χ3n) is 5.53. The number of carbonyl (C=O) groups excluding carboxylic acids is 2. The second kappa shape index (κ2) is 7.28. The van der Waals surface area contributed by atoms with Crippen molar-refractivity contribution in [2.75, 3.05) is 13.1 Å². The van der Waals surface area contributed by atoms with E-state index in [1.807, 2.05) is 19.9 Å². The second-order valence-corrected chi connectivity index (χ2v) is 8.02. The number of primary amides is 1. The van der Waals surface area contributed by atoms with E-state index in [1.54, 1.807) is 11.8 Å². The largest absolute Gasteiger partial charge is 0.381 e. The van der Waals surface area contributed by atoms with E-state index < -0.39 is 11.5 Å². The van der Waals surface area contributed by atoms with Crippen LogP contribution >= 0.6 is 0 Å². The van der Waals surface area contributed by atoms with Crippen LogP contribution in [0.4, 0.5) is 0 Å². The predicted molar refractivity (Wildman–Crippen MR) is 98.1 cm³/mol. The maximum atomic E-state index is 12.2. The fourth-order valence-corrected chi connectivity index (χ4v) is 3.96. The van der Waals surface area contributed by atoms with Gasteiger partial charge in [0.25, 0.3) is 5.91 Å². The van der Waals surface area contributed by atoms with Crippen molar-refractivity contribution >= 4 is 17.5 Å². The van der Waals surface area contributed by atoms with Gasteiger partial charge in [-0.3, -0.25) is 14.6 Å². The first-order valence-electron chi connectivity index (χ1n) is 9.06. The number of fused-ring (bicyclic) bond motifs is 1. The molecule has 0 aromatic carbocycles. The van der Waals surface area contributed by atoms with Crippen molar-refractivity contribution < 1.29 is 14.7 Å². The number of nitrogens with zero attached hydrogens (tertiary/aromatic N) is 2. The summed E-state index contributed by atoms with van der Waals surface area (Å²) in [6.45, 7) is 10.1. The van der Waals surface area contributed by atoms with Crippen molar-refractivity contribution in [3.05, 3.63) is 11.6 Å². The molecule has 2 fully saturated rings. The highest BCUT2D eigenvalue weighted by Crippen LogP contribution is 2.40. The van der Waals surface area contributed by atoms with Gasteiger partial charge < -0.3 is 15.7 Å². The first-order chi connectivity index (χ1) is 11.5. The molecule has 0 radical (unpaired) electrons. The quantitative estimate of drug-likeness (QED) is 0.737. The molecule has 2 rings (SSSR count). The zero-order valence-electron chi connectivity index (χ0n) is 16.0. The van der Waals surface area contributed by atoms with Gasteiger partial charge >= 0.3 is 0 Å². The Labute approximate surface area is 150 Å². The van der Waals surface area contributed by atoms with Gasteiger partial charge in [-0.15, -0.1) is 0 Å². The van der Waals surface area contributed by atoms with Crippen LogP contribution in [0.5, 0.6) is 0 Å². The summed E-state index contributed by atoms with van der Waals surface area (Å²) in [7, 11) is 0.